The number of rotatable bonds is 4. The second-order valence-electron chi connectivity index (χ2n) is 4.62. The minimum atomic E-state index is 0.139. The number of amides is 1. The molecule has 0 aliphatic carbocycles. The van der Waals surface area contributed by atoms with Crippen LogP contribution in [0.15, 0.2) is 24.3 Å². The smallest absolute Gasteiger partial charge is 0.220 e. The summed E-state index contributed by atoms with van der Waals surface area (Å²) in [7, 11) is 0. The normalized spacial score (nSPS) is 16.4. The summed E-state index contributed by atoms with van der Waals surface area (Å²) in [5.74, 6) is 2.72. The fourth-order valence-corrected chi connectivity index (χ4v) is 3.17. The number of nitrogens with one attached hydrogen (secondary N) is 1. The van der Waals surface area contributed by atoms with Crippen molar-refractivity contribution in [2.24, 2.45) is 0 Å². The number of aryl methyl sites for hydroxylation is 1. The summed E-state index contributed by atoms with van der Waals surface area (Å²) in [6.07, 6.45) is 3.44. The lowest BCUT2D eigenvalue weighted by molar-refractivity contribution is -0.121. The zero-order chi connectivity index (χ0) is 12.8. The van der Waals surface area contributed by atoms with Gasteiger partial charge in [-0.25, -0.2) is 0 Å². The maximum Gasteiger partial charge on any atom is 0.220 e. The standard InChI is InChI=1S/C14H19NO2S/c16-13-4-1-11(2-5-13)3-6-14(17)15-12-7-9-18-10-8-12/h1-2,4-5,12,16H,3,6-10H2,(H,15,17). The van der Waals surface area contributed by atoms with Crippen molar-refractivity contribution in [3.8, 4) is 5.75 Å². The van der Waals surface area contributed by atoms with E-state index in [0.717, 1.165) is 36.3 Å². The Morgan fingerprint density at radius 2 is 1.94 bits per heavy atom. The van der Waals surface area contributed by atoms with Crippen LogP contribution in [-0.4, -0.2) is 28.6 Å². The summed E-state index contributed by atoms with van der Waals surface area (Å²) in [5, 5.41) is 12.3. The molecule has 1 aliphatic rings. The zero-order valence-electron chi connectivity index (χ0n) is 10.4. The predicted molar refractivity (Wildman–Crippen MR) is 74.9 cm³/mol. The SMILES string of the molecule is O=C(CCc1ccc(O)cc1)NC1CCSCC1. The van der Waals surface area contributed by atoms with E-state index in [2.05, 4.69) is 5.32 Å². The van der Waals surface area contributed by atoms with Crippen molar-refractivity contribution in [3.63, 3.8) is 0 Å². The number of thioether (sulfide) groups is 1. The zero-order valence-corrected chi connectivity index (χ0v) is 11.2. The Morgan fingerprint density at radius 1 is 1.28 bits per heavy atom. The minimum absolute atomic E-state index is 0.139. The Bertz CT molecular complexity index is 385. The molecule has 1 heterocycles. The van der Waals surface area contributed by atoms with Crippen molar-refractivity contribution in [3.05, 3.63) is 29.8 Å². The lowest BCUT2D eigenvalue weighted by Gasteiger charge is -2.22. The maximum atomic E-state index is 11.8. The molecule has 1 saturated heterocycles. The lowest BCUT2D eigenvalue weighted by Crippen LogP contribution is -2.37. The van der Waals surface area contributed by atoms with E-state index in [4.69, 9.17) is 5.11 Å². The van der Waals surface area contributed by atoms with E-state index in [1.165, 1.54) is 0 Å². The highest BCUT2D eigenvalue weighted by Gasteiger charge is 2.15. The van der Waals surface area contributed by atoms with Gasteiger partial charge < -0.3 is 10.4 Å². The van der Waals surface area contributed by atoms with E-state index >= 15 is 0 Å². The van der Waals surface area contributed by atoms with Crippen molar-refractivity contribution in [1.82, 2.24) is 5.32 Å². The fraction of sp³-hybridized carbons (Fsp3) is 0.500. The molecule has 2 N–H and O–H groups in total. The van der Waals surface area contributed by atoms with Gasteiger partial charge in [0.2, 0.25) is 5.91 Å². The first-order valence-electron chi connectivity index (χ1n) is 6.39. The lowest BCUT2D eigenvalue weighted by atomic mass is 10.1. The van der Waals surface area contributed by atoms with Gasteiger partial charge in [0.25, 0.3) is 0 Å². The molecule has 2 rings (SSSR count). The van der Waals surface area contributed by atoms with E-state index in [1.54, 1.807) is 12.1 Å². The van der Waals surface area contributed by atoms with Gasteiger partial charge in [-0.1, -0.05) is 12.1 Å². The molecule has 0 radical (unpaired) electrons. The predicted octanol–water partition coefficient (Wildman–Crippen LogP) is 2.34. The summed E-state index contributed by atoms with van der Waals surface area (Å²) >= 11 is 1.96. The quantitative estimate of drug-likeness (QED) is 0.878. The monoisotopic (exact) mass is 265 g/mol. The van der Waals surface area contributed by atoms with Gasteiger partial charge in [-0.05, 0) is 48.5 Å². The van der Waals surface area contributed by atoms with Gasteiger partial charge in [0, 0.05) is 12.5 Å². The number of phenolic OH excluding ortho intramolecular Hbond substituents is 1. The van der Waals surface area contributed by atoms with Crippen LogP contribution in [-0.2, 0) is 11.2 Å². The third-order valence-electron chi connectivity index (χ3n) is 3.16. The number of hydrogen-bond donors (Lipinski definition) is 2. The van der Waals surface area contributed by atoms with E-state index in [-0.39, 0.29) is 11.7 Å². The van der Waals surface area contributed by atoms with Crippen LogP contribution in [0.3, 0.4) is 0 Å². The molecule has 1 fully saturated rings. The Morgan fingerprint density at radius 3 is 2.61 bits per heavy atom. The molecule has 98 valence electrons. The average molecular weight is 265 g/mol. The molecule has 0 aromatic heterocycles. The minimum Gasteiger partial charge on any atom is -0.508 e. The molecular formula is C14H19NO2S. The maximum absolute atomic E-state index is 11.8. The first-order valence-corrected chi connectivity index (χ1v) is 7.54. The van der Waals surface area contributed by atoms with Crippen LogP contribution >= 0.6 is 11.8 Å². The Hall–Kier alpha value is -1.16. The summed E-state index contributed by atoms with van der Waals surface area (Å²) in [6.45, 7) is 0. The fourth-order valence-electron chi connectivity index (χ4n) is 2.06. The van der Waals surface area contributed by atoms with E-state index in [1.807, 2.05) is 23.9 Å². The summed E-state index contributed by atoms with van der Waals surface area (Å²) in [5.41, 5.74) is 1.09. The van der Waals surface area contributed by atoms with Crippen LogP contribution < -0.4 is 5.32 Å². The second-order valence-corrected chi connectivity index (χ2v) is 5.85. The first kappa shape index (κ1) is 13.3. The molecule has 18 heavy (non-hydrogen) atoms. The highest BCUT2D eigenvalue weighted by atomic mass is 32.2. The Kier molecular flexibility index (Phi) is 4.93. The first-order chi connectivity index (χ1) is 8.74. The van der Waals surface area contributed by atoms with Crippen molar-refractivity contribution < 1.29 is 9.90 Å². The number of benzene rings is 1. The summed E-state index contributed by atoms with van der Waals surface area (Å²) in [4.78, 5) is 11.8. The number of hydrogen-bond acceptors (Lipinski definition) is 3. The Balaban J connectivity index is 1.72. The van der Waals surface area contributed by atoms with E-state index < -0.39 is 0 Å². The molecule has 1 aromatic carbocycles. The van der Waals surface area contributed by atoms with Crippen molar-refractivity contribution in [2.45, 2.75) is 31.7 Å². The number of phenols is 1. The molecular weight excluding hydrogens is 246 g/mol. The Labute approximate surface area is 112 Å². The second kappa shape index (κ2) is 6.69. The number of aromatic hydroxyl groups is 1. The van der Waals surface area contributed by atoms with Crippen molar-refractivity contribution in [2.75, 3.05) is 11.5 Å². The molecule has 0 saturated carbocycles. The highest BCUT2D eigenvalue weighted by Crippen LogP contribution is 2.17. The molecule has 0 spiro atoms. The van der Waals surface area contributed by atoms with Crippen LogP contribution in [0.25, 0.3) is 0 Å². The van der Waals surface area contributed by atoms with Crippen LogP contribution in [0.5, 0.6) is 5.75 Å². The van der Waals surface area contributed by atoms with Gasteiger partial charge in [-0.3, -0.25) is 4.79 Å². The molecule has 1 aromatic rings. The van der Waals surface area contributed by atoms with Crippen molar-refractivity contribution >= 4 is 17.7 Å². The largest absolute Gasteiger partial charge is 0.508 e. The van der Waals surface area contributed by atoms with Crippen LogP contribution in [0, 0.1) is 0 Å². The van der Waals surface area contributed by atoms with Gasteiger partial charge in [-0.2, -0.15) is 11.8 Å². The average Bonchev–Trinajstić information content (AvgIpc) is 2.39. The molecule has 1 aliphatic heterocycles. The summed E-state index contributed by atoms with van der Waals surface area (Å²) in [6, 6.07) is 7.41. The number of carbonyl (C=O) groups is 1. The molecule has 0 bridgehead atoms. The summed E-state index contributed by atoms with van der Waals surface area (Å²) < 4.78 is 0. The van der Waals surface area contributed by atoms with E-state index in [0.29, 0.717) is 12.5 Å². The van der Waals surface area contributed by atoms with Crippen LogP contribution in [0.4, 0.5) is 0 Å². The topological polar surface area (TPSA) is 49.3 Å². The third-order valence-corrected chi connectivity index (χ3v) is 4.21. The molecule has 4 heteroatoms. The van der Waals surface area contributed by atoms with Crippen LogP contribution in [0.2, 0.25) is 0 Å². The van der Waals surface area contributed by atoms with Gasteiger partial charge in [-0.15, -0.1) is 0 Å². The van der Waals surface area contributed by atoms with E-state index in [9.17, 15) is 4.79 Å². The van der Waals surface area contributed by atoms with Gasteiger partial charge in [0.15, 0.2) is 0 Å². The highest BCUT2D eigenvalue weighted by molar-refractivity contribution is 7.99. The van der Waals surface area contributed by atoms with Crippen LogP contribution in [0.1, 0.15) is 24.8 Å². The van der Waals surface area contributed by atoms with Gasteiger partial charge in [0.05, 0.1) is 0 Å². The number of carbonyl (C=O) groups excluding carboxylic acids is 1. The van der Waals surface area contributed by atoms with Gasteiger partial charge in [0.1, 0.15) is 5.75 Å². The van der Waals surface area contributed by atoms with Crippen molar-refractivity contribution in [1.29, 1.82) is 0 Å². The third kappa shape index (κ3) is 4.26. The van der Waals surface area contributed by atoms with Gasteiger partial charge >= 0.3 is 0 Å². The molecule has 3 nitrogen and oxygen atoms in total. The molecule has 0 atom stereocenters. The molecule has 0 unspecified atom stereocenters. The molecule has 1 amide bonds.